The largest absolute Gasteiger partial charge is 0.334 e. The van der Waals surface area contributed by atoms with Crippen LogP contribution >= 0.6 is 11.6 Å². The molecular formula is C16H13ClFNO. The second kappa shape index (κ2) is 5.25. The molecule has 102 valence electrons. The first kappa shape index (κ1) is 13.1. The minimum Gasteiger partial charge on any atom is -0.334 e. The summed E-state index contributed by atoms with van der Waals surface area (Å²) < 4.78 is 13.4. The minimum absolute atomic E-state index is 0.00204. The van der Waals surface area contributed by atoms with E-state index < -0.39 is 5.82 Å². The fraction of sp³-hybridized carbons (Fsp3) is 0.188. The molecule has 0 saturated carbocycles. The molecule has 4 heteroatoms. The summed E-state index contributed by atoms with van der Waals surface area (Å²) in [7, 11) is 0. The van der Waals surface area contributed by atoms with Crippen LogP contribution < -0.4 is 0 Å². The Kier molecular flexibility index (Phi) is 3.45. The van der Waals surface area contributed by atoms with Crippen LogP contribution in [-0.4, -0.2) is 17.4 Å². The van der Waals surface area contributed by atoms with Gasteiger partial charge in [-0.1, -0.05) is 35.9 Å². The highest BCUT2D eigenvalue weighted by Crippen LogP contribution is 2.22. The predicted octanol–water partition coefficient (Wildman–Crippen LogP) is 3.68. The number of nitrogens with zero attached hydrogens (tertiary/aromatic N) is 1. The van der Waals surface area contributed by atoms with Crippen molar-refractivity contribution in [2.24, 2.45) is 0 Å². The van der Waals surface area contributed by atoms with E-state index in [1.165, 1.54) is 12.1 Å². The van der Waals surface area contributed by atoms with Gasteiger partial charge in [-0.15, -0.1) is 0 Å². The molecule has 0 bridgehead atoms. The lowest BCUT2D eigenvalue weighted by atomic mass is 9.99. The highest BCUT2D eigenvalue weighted by Gasteiger charge is 2.23. The van der Waals surface area contributed by atoms with Gasteiger partial charge in [-0.25, -0.2) is 4.39 Å². The van der Waals surface area contributed by atoms with Crippen molar-refractivity contribution in [1.29, 1.82) is 0 Å². The maximum Gasteiger partial charge on any atom is 0.254 e. The van der Waals surface area contributed by atoms with E-state index in [0.717, 1.165) is 23.1 Å². The Hall–Kier alpha value is -1.87. The molecule has 0 N–H and O–H groups in total. The van der Waals surface area contributed by atoms with E-state index in [-0.39, 0.29) is 10.9 Å². The van der Waals surface area contributed by atoms with E-state index in [9.17, 15) is 9.18 Å². The van der Waals surface area contributed by atoms with E-state index in [4.69, 9.17) is 11.6 Å². The van der Waals surface area contributed by atoms with Gasteiger partial charge in [0.25, 0.3) is 5.91 Å². The first-order chi connectivity index (χ1) is 9.65. The van der Waals surface area contributed by atoms with Gasteiger partial charge in [-0.05, 0) is 35.7 Å². The highest BCUT2D eigenvalue weighted by atomic mass is 35.5. The van der Waals surface area contributed by atoms with Crippen LogP contribution in [-0.2, 0) is 13.0 Å². The molecule has 1 aliphatic heterocycles. The van der Waals surface area contributed by atoms with Crippen LogP contribution in [0.2, 0.25) is 5.02 Å². The molecule has 0 aliphatic carbocycles. The molecule has 2 aromatic carbocycles. The molecular weight excluding hydrogens is 277 g/mol. The molecule has 0 fully saturated rings. The van der Waals surface area contributed by atoms with Gasteiger partial charge in [-0.2, -0.15) is 0 Å². The van der Waals surface area contributed by atoms with Crippen LogP contribution in [0, 0.1) is 5.82 Å². The van der Waals surface area contributed by atoms with Gasteiger partial charge in [0.15, 0.2) is 0 Å². The zero-order valence-corrected chi connectivity index (χ0v) is 11.5. The average molecular weight is 290 g/mol. The smallest absolute Gasteiger partial charge is 0.254 e. The van der Waals surface area contributed by atoms with Crippen molar-refractivity contribution in [3.63, 3.8) is 0 Å². The predicted molar refractivity (Wildman–Crippen MR) is 76.3 cm³/mol. The number of carbonyl (C=O) groups excluding carboxylic acids is 1. The fourth-order valence-electron chi connectivity index (χ4n) is 2.48. The third-order valence-corrected chi connectivity index (χ3v) is 3.85. The van der Waals surface area contributed by atoms with Crippen LogP contribution in [0.25, 0.3) is 0 Å². The molecule has 0 unspecified atom stereocenters. The van der Waals surface area contributed by atoms with Crippen molar-refractivity contribution < 1.29 is 9.18 Å². The molecule has 2 nitrogen and oxygen atoms in total. The Morgan fingerprint density at radius 1 is 1.20 bits per heavy atom. The Morgan fingerprint density at radius 3 is 2.80 bits per heavy atom. The van der Waals surface area contributed by atoms with Gasteiger partial charge in [0.05, 0.1) is 5.02 Å². The summed E-state index contributed by atoms with van der Waals surface area (Å²) in [5.41, 5.74) is 2.57. The van der Waals surface area contributed by atoms with Crippen molar-refractivity contribution >= 4 is 17.5 Å². The summed E-state index contributed by atoms with van der Waals surface area (Å²) in [6.07, 6.45) is 0.831. The van der Waals surface area contributed by atoms with Crippen LogP contribution in [0.5, 0.6) is 0 Å². The summed E-state index contributed by atoms with van der Waals surface area (Å²) in [4.78, 5) is 14.1. The van der Waals surface area contributed by atoms with Gasteiger partial charge >= 0.3 is 0 Å². The molecule has 1 heterocycles. The summed E-state index contributed by atoms with van der Waals surface area (Å²) in [6.45, 7) is 1.06. The van der Waals surface area contributed by atoms with E-state index in [1.54, 1.807) is 11.0 Å². The summed E-state index contributed by atoms with van der Waals surface area (Å²) in [5.74, 6) is -0.448. The second-order valence-electron chi connectivity index (χ2n) is 4.88. The van der Waals surface area contributed by atoms with Crippen LogP contribution in [0.15, 0.2) is 42.5 Å². The number of carbonyl (C=O) groups is 1. The van der Waals surface area contributed by atoms with Gasteiger partial charge < -0.3 is 4.90 Å². The molecule has 0 radical (unpaired) electrons. The molecule has 0 saturated heterocycles. The van der Waals surface area contributed by atoms with Crippen LogP contribution in [0.1, 0.15) is 21.5 Å². The minimum atomic E-state index is -0.450. The van der Waals surface area contributed by atoms with Crippen molar-refractivity contribution in [3.8, 4) is 0 Å². The van der Waals surface area contributed by atoms with E-state index >= 15 is 0 Å². The zero-order valence-electron chi connectivity index (χ0n) is 10.8. The van der Waals surface area contributed by atoms with Gasteiger partial charge in [0, 0.05) is 18.7 Å². The van der Waals surface area contributed by atoms with Crippen molar-refractivity contribution in [1.82, 2.24) is 4.90 Å². The molecule has 1 aliphatic rings. The van der Waals surface area contributed by atoms with Crippen molar-refractivity contribution in [2.45, 2.75) is 13.0 Å². The monoisotopic (exact) mass is 289 g/mol. The topological polar surface area (TPSA) is 20.3 Å². The van der Waals surface area contributed by atoms with E-state index in [0.29, 0.717) is 13.1 Å². The van der Waals surface area contributed by atoms with Crippen molar-refractivity contribution in [3.05, 3.63) is 70.0 Å². The Balaban J connectivity index is 1.83. The maximum absolute atomic E-state index is 13.4. The number of benzene rings is 2. The standard InChI is InChI=1S/C16H13ClFNO/c17-14-6-5-11(9-15(14)18)10-19-8-7-12-3-1-2-4-13(12)16(19)20/h1-6,9H,7-8,10H2. The number of rotatable bonds is 2. The van der Waals surface area contributed by atoms with E-state index in [2.05, 4.69) is 0 Å². The molecule has 0 atom stereocenters. The summed E-state index contributed by atoms with van der Waals surface area (Å²) in [5, 5.41) is 0.101. The maximum atomic E-state index is 13.4. The lowest BCUT2D eigenvalue weighted by Gasteiger charge is -2.28. The fourth-order valence-corrected chi connectivity index (χ4v) is 2.60. The van der Waals surface area contributed by atoms with Crippen LogP contribution in [0.4, 0.5) is 4.39 Å². The van der Waals surface area contributed by atoms with Crippen LogP contribution in [0.3, 0.4) is 0 Å². The Labute approximate surface area is 121 Å². The molecule has 20 heavy (non-hydrogen) atoms. The molecule has 0 spiro atoms. The number of hydrogen-bond donors (Lipinski definition) is 0. The van der Waals surface area contributed by atoms with E-state index in [1.807, 2.05) is 24.3 Å². The molecule has 1 amide bonds. The third-order valence-electron chi connectivity index (χ3n) is 3.54. The normalized spacial score (nSPS) is 14.3. The quantitative estimate of drug-likeness (QED) is 0.826. The SMILES string of the molecule is O=C1c2ccccc2CCN1Cc1ccc(Cl)c(F)c1. The first-order valence-corrected chi connectivity index (χ1v) is 6.84. The molecule has 3 rings (SSSR count). The Bertz CT molecular complexity index is 671. The number of hydrogen-bond acceptors (Lipinski definition) is 1. The molecule has 0 aromatic heterocycles. The van der Waals surface area contributed by atoms with Gasteiger partial charge in [-0.3, -0.25) is 4.79 Å². The zero-order chi connectivity index (χ0) is 14.1. The lowest BCUT2D eigenvalue weighted by Crippen LogP contribution is -2.36. The lowest BCUT2D eigenvalue weighted by molar-refractivity contribution is 0.0727. The Morgan fingerprint density at radius 2 is 2.00 bits per heavy atom. The number of fused-ring (bicyclic) bond motifs is 1. The number of amides is 1. The number of halogens is 2. The second-order valence-corrected chi connectivity index (χ2v) is 5.29. The average Bonchev–Trinajstić information content (AvgIpc) is 2.46. The highest BCUT2D eigenvalue weighted by molar-refractivity contribution is 6.30. The summed E-state index contributed by atoms with van der Waals surface area (Å²) >= 11 is 5.66. The van der Waals surface area contributed by atoms with Gasteiger partial charge in [0.2, 0.25) is 0 Å². The molecule has 2 aromatic rings. The third kappa shape index (κ3) is 2.41. The van der Waals surface area contributed by atoms with Gasteiger partial charge in [0.1, 0.15) is 5.82 Å². The first-order valence-electron chi connectivity index (χ1n) is 6.46. The van der Waals surface area contributed by atoms with Crippen molar-refractivity contribution in [2.75, 3.05) is 6.54 Å². The summed E-state index contributed by atoms with van der Waals surface area (Å²) in [6, 6.07) is 12.3.